The van der Waals surface area contributed by atoms with Crippen molar-refractivity contribution in [3.63, 3.8) is 0 Å². The molecule has 1 aliphatic rings. The van der Waals surface area contributed by atoms with Crippen molar-refractivity contribution in [3.8, 4) is 0 Å². The van der Waals surface area contributed by atoms with E-state index in [0.29, 0.717) is 6.42 Å². The first-order valence-corrected chi connectivity index (χ1v) is 8.31. The third kappa shape index (κ3) is 3.34. The van der Waals surface area contributed by atoms with Gasteiger partial charge in [0.05, 0.1) is 10.1 Å². The standard InChI is InChI=1S/C14H20FNO2S/c15-11-7-9-12(10-8-11)19(17,18)14-6-4-2-1-3-5-13(14)16/h7-10,13-14H,1-6,16H2. The zero-order valence-corrected chi connectivity index (χ0v) is 11.7. The molecular weight excluding hydrogens is 265 g/mol. The first-order valence-electron chi connectivity index (χ1n) is 6.77. The second kappa shape index (κ2) is 6.01. The summed E-state index contributed by atoms with van der Waals surface area (Å²) >= 11 is 0. The number of rotatable bonds is 2. The van der Waals surface area contributed by atoms with Gasteiger partial charge in [-0.05, 0) is 37.1 Å². The van der Waals surface area contributed by atoms with Gasteiger partial charge in [-0.1, -0.05) is 25.7 Å². The predicted octanol–water partition coefficient (Wildman–Crippen LogP) is 2.65. The summed E-state index contributed by atoms with van der Waals surface area (Å²) in [6, 6.07) is 4.70. The van der Waals surface area contributed by atoms with Gasteiger partial charge in [-0.15, -0.1) is 0 Å². The summed E-state index contributed by atoms with van der Waals surface area (Å²) < 4.78 is 38.0. The fourth-order valence-corrected chi connectivity index (χ4v) is 4.60. The van der Waals surface area contributed by atoms with E-state index in [4.69, 9.17) is 5.73 Å². The Hall–Kier alpha value is -0.940. The normalized spacial score (nSPS) is 25.6. The molecular formula is C14H20FNO2S. The monoisotopic (exact) mass is 285 g/mol. The number of hydrogen-bond acceptors (Lipinski definition) is 3. The fraction of sp³-hybridized carbons (Fsp3) is 0.571. The fourth-order valence-electron chi connectivity index (χ4n) is 2.66. The van der Waals surface area contributed by atoms with Gasteiger partial charge in [-0.25, -0.2) is 12.8 Å². The van der Waals surface area contributed by atoms with Crippen molar-refractivity contribution in [2.75, 3.05) is 0 Å². The summed E-state index contributed by atoms with van der Waals surface area (Å²) in [5.74, 6) is -0.430. The van der Waals surface area contributed by atoms with Crippen molar-refractivity contribution in [1.82, 2.24) is 0 Å². The summed E-state index contributed by atoms with van der Waals surface area (Å²) in [6.07, 6.45) is 5.39. The molecule has 0 aliphatic heterocycles. The maximum absolute atomic E-state index is 12.9. The van der Waals surface area contributed by atoms with Crippen LogP contribution in [-0.4, -0.2) is 19.7 Å². The molecule has 0 saturated heterocycles. The maximum atomic E-state index is 12.9. The highest BCUT2D eigenvalue weighted by Crippen LogP contribution is 2.26. The van der Waals surface area contributed by atoms with Gasteiger partial charge in [-0.3, -0.25) is 0 Å². The SMILES string of the molecule is NC1CCCCCCC1S(=O)(=O)c1ccc(F)cc1. The van der Waals surface area contributed by atoms with E-state index in [1.54, 1.807) is 0 Å². The minimum absolute atomic E-state index is 0.176. The lowest BCUT2D eigenvalue weighted by molar-refractivity contribution is 0.444. The van der Waals surface area contributed by atoms with E-state index in [0.717, 1.165) is 32.1 Å². The number of sulfone groups is 1. The molecule has 0 radical (unpaired) electrons. The largest absolute Gasteiger partial charge is 0.327 e. The lowest BCUT2D eigenvalue weighted by atomic mass is 9.97. The Labute approximate surface area is 113 Å². The molecule has 3 nitrogen and oxygen atoms in total. The van der Waals surface area contributed by atoms with Crippen LogP contribution in [0.2, 0.25) is 0 Å². The minimum Gasteiger partial charge on any atom is -0.327 e. The molecule has 2 rings (SSSR count). The molecule has 0 spiro atoms. The van der Waals surface area contributed by atoms with Gasteiger partial charge in [0.2, 0.25) is 0 Å². The summed E-state index contributed by atoms with van der Waals surface area (Å²) in [7, 11) is -3.46. The highest BCUT2D eigenvalue weighted by atomic mass is 32.2. The van der Waals surface area contributed by atoms with E-state index < -0.39 is 20.9 Å². The zero-order valence-electron chi connectivity index (χ0n) is 10.9. The zero-order chi connectivity index (χ0) is 13.9. The smallest absolute Gasteiger partial charge is 0.182 e. The molecule has 106 valence electrons. The van der Waals surface area contributed by atoms with Gasteiger partial charge in [0.15, 0.2) is 9.84 Å². The molecule has 0 aromatic heterocycles. The van der Waals surface area contributed by atoms with Gasteiger partial charge in [0.1, 0.15) is 5.82 Å². The highest BCUT2D eigenvalue weighted by Gasteiger charge is 2.32. The Morgan fingerprint density at radius 2 is 1.58 bits per heavy atom. The van der Waals surface area contributed by atoms with E-state index in [1.807, 2.05) is 0 Å². The van der Waals surface area contributed by atoms with Crippen LogP contribution in [0, 0.1) is 5.82 Å². The maximum Gasteiger partial charge on any atom is 0.182 e. The topological polar surface area (TPSA) is 60.2 Å². The third-order valence-electron chi connectivity index (χ3n) is 3.79. The molecule has 19 heavy (non-hydrogen) atoms. The van der Waals surface area contributed by atoms with Gasteiger partial charge in [-0.2, -0.15) is 0 Å². The van der Waals surface area contributed by atoms with E-state index >= 15 is 0 Å². The van der Waals surface area contributed by atoms with Gasteiger partial charge in [0, 0.05) is 6.04 Å². The predicted molar refractivity (Wildman–Crippen MR) is 73.1 cm³/mol. The van der Waals surface area contributed by atoms with Crippen molar-refractivity contribution in [1.29, 1.82) is 0 Å². The van der Waals surface area contributed by atoms with Crippen LogP contribution in [0.5, 0.6) is 0 Å². The van der Waals surface area contributed by atoms with Crippen molar-refractivity contribution < 1.29 is 12.8 Å². The number of hydrogen-bond donors (Lipinski definition) is 1. The molecule has 2 atom stereocenters. The molecule has 0 amide bonds. The van der Waals surface area contributed by atoms with Crippen LogP contribution < -0.4 is 5.73 Å². The minimum atomic E-state index is -3.46. The van der Waals surface area contributed by atoms with Gasteiger partial charge in [0.25, 0.3) is 0 Å². The average molecular weight is 285 g/mol. The van der Waals surface area contributed by atoms with Crippen LogP contribution in [0.25, 0.3) is 0 Å². The van der Waals surface area contributed by atoms with Crippen molar-refractivity contribution in [3.05, 3.63) is 30.1 Å². The van der Waals surface area contributed by atoms with Crippen LogP contribution in [0.1, 0.15) is 38.5 Å². The molecule has 1 fully saturated rings. The third-order valence-corrected chi connectivity index (χ3v) is 6.11. The summed E-state index contributed by atoms with van der Waals surface area (Å²) in [4.78, 5) is 0.176. The second-order valence-corrected chi connectivity index (χ2v) is 7.36. The molecule has 2 N–H and O–H groups in total. The lowest BCUT2D eigenvalue weighted by Gasteiger charge is -2.26. The molecule has 0 heterocycles. The molecule has 1 aromatic carbocycles. The molecule has 1 aliphatic carbocycles. The highest BCUT2D eigenvalue weighted by molar-refractivity contribution is 7.92. The van der Waals surface area contributed by atoms with Gasteiger partial charge < -0.3 is 5.73 Å². The Kier molecular flexibility index (Phi) is 4.58. The van der Waals surface area contributed by atoms with Crippen LogP contribution in [0.3, 0.4) is 0 Å². The first-order chi connectivity index (χ1) is 9.01. The summed E-state index contributed by atoms with van der Waals surface area (Å²) in [5, 5.41) is -0.543. The van der Waals surface area contributed by atoms with E-state index in [9.17, 15) is 12.8 Å². The Morgan fingerprint density at radius 3 is 2.21 bits per heavy atom. The van der Waals surface area contributed by atoms with E-state index in [2.05, 4.69) is 0 Å². The van der Waals surface area contributed by atoms with Crippen molar-refractivity contribution in [2.24, 2.45) is 5.73 Å². The van der Waals surface area contributed by atoms with Crippen molar-refractivity contribution >= 4 is 9.84 Å². The summed E-state index contributed by atoms with van der Waals surface area (Å²) in [6.45, 7) is 0. The number of benzene rings is 1. The Morgan fingerprint density at radius 1 is 1.00 bits per heavy atom. The number of nitrogens with two attached hydrogens (primary N) is 1. The van der Waals surface area contributed by atoms with Crippen LogP contribution in [-0.2, 0) is 9.84 Å². The van der Waals surface area contributed by atoms with Crippen LogP contribution in [0.15, 0.2) is 29.2 Å². The quantitative estimate of drug-likeness (QED) is 0.850. The summed E-state index contributed by atoms with van der Waals surface area (Å²) in [5.41, 5.74) is 6.05. The van der Waals surface area contributed by atoms with E-state index in [-0.39, 0.29) is 10.9 Å². The first kappa shape index (κ1) is 14.5. The van der Waals surface area contributed by atoms with Crippen molar-refractivity contribution in [2.45, 2.75) is 54.7 Å². The molecule has 5 heteroatoms. The van der Waals surface area contributed by atoms with Crippen LogP contribution >= 0.6 is 0 Å². The molecule has 1 aromatic rings. The Balaban J connectivity index is 2.28. The van der Waals surface area contributed by atoms with Gasteiger partial charge >= 0.3 is 0 Å². The number of halogens is 1. The molecule has 2 unspecified atom stereocenters. The second-order valence-electron chi connectivity index (χ2n) is 5.19. The molecule has 1 saturated carbocycles. The Bertz CT molecular complexity index is 513. The molecule has 0 bridgehead atoms. The van der Waals surface area contributed by atoms with E-state index in [1.165, 1.54) is 24.3 Å². The van der Waals surface area contributed by atoms with Crippen LogP contribution in [0.4, 0.5) is 4.39 Å². The average Bonchev–Trinajstić information content (AvgIpc) is 2.34. The lowest BCUT2D eigenvalue weighted by Crippen LogP contribution is -2.41.